The Kier molecular flexibility index (Phi) is 5.66. The second-order valence-electron chi connectivity index (χ2n) is 6.53. The van der Waals surface area contributed by atoms with Gasteiger partial charge in [0.15, 0.2) is 0 Å². The molecule has 0 saturated carbocycles. The van der Waals surface area contributed by atoms with E-state index in [-0.39, 0.29) is 11.4 Å². The maximum Gasteiger partial charge on any atom is 0.293 e. The number of aromatic hydroxyl groups is 1. The molecule has 0 saturated heterocycles. The molecule has 4 rings (SSSR count). The Hall–Kier alpha value is -4.53. The van der Waals surface area contributed by atoms with Crippen molar-refractivity contribution in [3.05, 3.63) is 102 Å². The van der Waals surface area contributed by atoms with Crippen LogP contribution in [0.5, 0.6) is 5.88 Å². The maximum absolute atomic E-state index is 12.9. The van der Waals surface area contributed by atoms with Crippen LogP contribution in [0.4, 0.5) is 5.69 Å². The van der Waals surface area contributed by atoms with Crippen LogP contribution in [-0.4, -0.2) is 32.0 Å². The number of nitrogens with one attached hydrogen (secondary N) is 2. The largest absolute Gasteiger partial charge is 0.493 e. The Morgan fingerprint density at radius 2 is 1.55 bits per heavy atom. The number of hydrogen-bond donors (Lipinski definition) is 3. The number of benzene rings is 2. The van der Waals surface area contributed by atoms with Gasteiger partial charge in [0.2, 0.25) is 11.7 Å². The predicted molar refractivity (Wildman–Crippen MR) is 110 cm³/mol. The van der Waals surface area contributed by atoms with Gasteiger partial charge in [0.1, 0.15) is 17.5 Å². The summed E-state index contributed by atoms with van der Waals surface area (Å²) >= 11 is 0. The number of nitrogens with zero attached hydrogens (tertiary/aromatic N) is 3. The third kappa shape index (κ3) is 4.56. The highest BCUT2D eigenvalue weighted by Crippen LogP contribution is 2.23. The number of hydrogen-bond acceptors (Lipinski definition) is 7. The molecule has 0 bridgehead atoms. The van der Waals surface area contributed by atoms with Crippen LogP contribution < -0.4 is 10.6 Å². The lowest BCUT2D eigenvalue weighted by atomic mass is 9.98. The molecule has 0 aliphatic carbocycles. The van der Waals surface area contributed by atoms with Crippen LogP contribution in [0.3, 0.4) is 0 Å². The quantitative estimate of drug-likeness (QED) is 0.441. The smallest absolute Gasteiger partial charge is 0.293 e. The van der Waals surface area contributed by atoms with Crippen molar-refractivity contribution in [1.29, 1.82) is 0 Å². The Morgan fingerprint density at radius 1 is 0.903 bits per heavy atom. The lowest BCUT2D eigenvalue weighted by molar-refractivity contribution is 0.0935. The molecule has 0 fully saturated rings. The van der Waals surface area contributed by atoms with Gasteiger partial charge < -0.3 is 20.3 Å². The van der Waals surface area contributed by atoms with E-state index in [9.17, 15) is 14.7 Å². The zero-order valence-electron chi connectivity index (χ0n) is 16.1. The molecule has 2 amide bonds. The summed E-state index contributed by atoms with van der Waals surface area (Å²) in [5.41, 5.74) is 1.89. The van der Waals surface area contributed by atoms with Crippen molar-refractivity contribution < 1.29 is 19.2 Å². The summed E-state index contributed by atoms with van der Waals surface area (Å²) in [5, 5.41) is 19.1. The van der Waals surface area contributed by atoms with Gasteiger partial charge in [-0.1, -0.05) is 65.8 Å². The van der Waals surface area contributed by atoms with Crippen molar-refractivity contribution in [3.63, 3.8) is 0 Å². The van der Waals surface area contributed by atoms with Gasteiger partial charge in [0.25, 0.3) is 11.8 Å². The van der Waals surface area contributed by atoms with E-state index in [0.29, 0.717) is 5.69 Å². The first kappa shape index (κ1) is 19.8. The second-order valence-corrected chi connectivity index (χ2v) is 6.53. The van der Waals surface area contributed by atoms with Gasteiger partial charge in [-0.3, -0.25) is 9.59 Å². The van der Waals surface area contributed by atoms with Crippen LogP contribution >= 0.6 is 0 Å². The number of carbonyl (C=O) groups excluding carboxylic acids is 2. The molecule has 31 heavy (non-hydrogen) atoms. The minimum Gasteiger partial charge on any atom is -0.493 e. The van der Waals surface area contributed by atoms with E-state index >= 15 is 0 Å². The topological polar surface area (TPSA) is 130 Å². The van der Waals surface area contributed by atoms with Gasteiger partial charge >= 0.3 is 0 Å². The first-order valence-electron chi connectivity index (χ1n) is 9.29. The molecule has 0 aliphatic heterocycles. The molecule has 0 atom stereocenters. The first-order valence-corrected chi connectivity index (χ1v) is 9.29. The Bertz CT molecular complexity index is 1140. The fourth-order valence-electron chi connectivity index (χ4n) is 2.95. The number of carbonyl (C=O) groups is 2. The van der Waals surface area contributed by atoms with Crippen molar-refractivity contribution >= 4 is 17.5 Å². The average Bonchev–Trinajstić information content (AvgIpc) is 3.31. The summed E-state index contributed by atoms with van der Waals surface area (Å²) in [6.07, 6.45) is 3.63. The molecule has 0 unspecified atom stereocenters. The number of anilines is 1. The average molecular weight is 415 g/mol. The standard InChI is InChI=1S/C22H17N5O4/c28-20(26-18(14-7-3-1-4-8-14)15-9-5-2-6-10-15)17-12-23-19(27-21(17)29)22(30)25-16-11-24-31-13-16/h1-13,18H,(H,25,30)(H,26,28)(H,23,27,29). The highest BCUT2D eigenvalue weighted by molar-refractivity contribution is 6.02. The van der Waals surface area contributed by atoms with Crippen LogP contribution in [0.15, 0.2) is 83.8 Å². The third-order valence-electron chi connectivity index (χ3n) is 4.45. The fraction of sp³-hybridized carbons (Fsp3) is 0.0455. The van der Waals surface area contributed by atoms with E-state index in [1.54, 1.807) is 0 Å². The van der Waals surface area contributed by atoms with Crippen molar-refractivity contribution in [3.8, 4) is 5.88 Å². The van der Waals surface area contributed by atoms with E-state index in [2.05, 4.69) is 30.3 Å². The van der Waals surface area contributed by atoms with Crippen LogP contribution in [0.2, 0.25) is 0 Å². The van der Waals surface area contributed by atoms with Crippen molar-refractivity contribution in [2.24, 2.45) is 0 Å². The number of aromatic nitrogens is 3. The molecule has 9 heteroatoms. The lowest BCUT2D eigenvalue weighted by Crippen LogP contribution is -2.30. The zero-order valence-corrected chi connectivity index (χ0v) is 16.1. The molecule has 2 heterocycles. The monoisotopic (exact) mass is 415 g/mol. The van der Waals surface area contributed by atoms with Gasteiger partial charge in [-0.05, 0) is 11.1 Å². The van der Waals surface area contributed by atoms with E-state index in [1.807, 2.05) is 60.7 Å². The van der Waals surface area contributed by atoms with Crippen molar-refractivity contribution in [2.45, 2.75) is 6.04 Å². The fourth-order valence-corrected chi connectivity index (χ4v) is 2.95. The van der Waals surface area contributed by atoms with E-state index in [0.717, 1.165) is 17.3 Å². The summed E-state index contributed by atoms with van der Waals surface area (Å²) < 4.78 is 4.63. The van der Waals surface area contributed by atoms with Crippen LogP contribution in [0, 0.1) is 0 Å². The zero-order chi connectivity index (χ0) is 21.6. The first-order chi connectivity index (χ1) is 15.1. The SMILES string of the molecule is O=C(Nc1cnoc1)c1ncc(C(=O)NC(c2ccccc2)c2ccccc2)c(O)n1. The highest BCUT2D eigenvalue weighted by Gasteiger charge is 2.22. The van der Waals surface area contributed by atoms with Gasteiger partial charge in [0.05, 0.1) is 12.2 Å². The molecule has 0 radical (unpaired) electrons. The van der Waals surface area contributed by atoms with Crippen LogP contribution in [-0.2, 0) is 0 Å². The van der Waals surface area contributed by atoms with E-state index in [1.165, 1.54) is 12.5 Å². The van der Waals surface area contributed by atoms with E-state index < -0.39 is 23.7 Å². The minimum atomic E-state index is -0.683. The second kappa shape index (κ2) is 8.87. The molecular formula is C22H17N5O4. The minimum absolute atomic E-state index is 0.154. The normalized spacial score (nSPS) is 10.6. The van der Waals surface area contributed by atoms with Crippen molar-refractivity contribution in [2.75, 3.05) is 5.32 Å². The molecule has 4 aromatic rings. The summed E-state index contributed by atoms with van der Waals surface area (Å²) in [6, 6.07) is 18.4. The molecule has 0 aliphatic rings. The summed E-state index contributed by atoms with van der Waals surface area (Å²) in [6.45, 7) is 0. The summed E-state index contributed by atoms with van der Waals surface area (Å²) in [5.74, 6) is -2.18. The van der Waals surface area contributed by atoms with Gasteiger partial charge in [-0.2, -0.15) is 4.98 Å². The Morgan fingerprint density at radius 3 is 2.10 bits per heavy atom. The molecule has 2 aromatic heterocycles. The highest BCUT2D eigenvalue weighted by atomic mass is 16.5. The Balaban J connectivity index is 1.56. The third-order valence-corrected chi connectivity index (χ3v) is 4.45. The van der Waals surface area contributed by atoms with E-state index in [4.69, 9.17) is 0 Å². The number of amides is 2. The van der Waals surface area contributed by atoms with Crippen LogP contribution in [0.25, 0.3) is 0 Å². The van der Waals surface area contributed by atoms with Crippen molar-refractivity contribution in [1.82, 2.24) is 20.4 Å². The molecule has 154 valence electrons. The van der Waals surface area contributed by atoms with Gasteiger partial charge in [-0.25, -0.2) is 4.98 Å². The van der Waals surface area contributed by atoms with Gasteiger partial charge in [-0.15, -0.1) is 0 Å². The molecule has 9 nitrogen and oxygen atoms in total. The number of rotatable bonds is 6. The predicted octanol–water partition coefficient (Wildman–Crippen LogP) is 2.94. The summed E-state index contributed by atoms with van der Waals surface area (Å²) in [4.78, 5) is 32.7. The molecule has 2 aromatic carbocycles. The lowest BCUT2D eigenvalue weighted by Gasteiger charge is -2.20. The van der Waals surface area contributed by atoms with Crippen LogP contribution in [0.1, 0.15) is 38.1 Å². The molecule has 3 N–H and O–H groups in total. The Labute approximate surface area is 176 Å². The maximum atomic E-state index is 12.9. The molecular weight excluding hydrogens is 398 g/mol. The molecule has 0 spiro atoms. The van der Waals surface area contributed by atoms with Gasteiger partial charge in [0, 0.05) is 6.20 Å². The summed E-state index contributed by atoms with van der Waals surface area (Å²) in [7, 11) is 0.